The monoisotopic (exact) mass is 1270 g/mol. The first-order chi connectivity index (χ1) is 44.9. The van der Waals surface area contributed by atoms with Crippen LogP contribution in [0.5, 0.6) is 0 Å². The second kappa shape index (κ2) is 35.4. The van der Waals surface area contributed by atoms with Crippen LogP contribution in [-0.2, 0) is 8.85 Å². The van der Waals surface area contributed by atoms with Gasteiger partial charge in [-0.05, 0) is 245 Å². The number of hydrogen-bond acceptors (Lipinski definition) is 7. The van der Waals surface area contributed by atoms with Crippen molar-refractivity contribution in [2.75, 3.05) is 13.2 Å². The lowest BCUT2D eigenvalue weighted by atomic mass is 9.93. The Kier molecular flexibility index (Phi) is 27.7. The van der Waals surface area contributed by atoms with E-state index in [0.29, 0.717) is 157 Å². The van der Waals surface area contributed by atoms with Crippen LogP contribution >= 0.6 is 0 Å². The predicted octanol–water partition coefficient (Wildman–Crippen LogP) is 21.3. The minimum absolute atomic E-state index is 0.0809. The molecule has 0 aliphatic heterocycles. The zero-order valence-corrected chi connectivity index (χ0v) is 59.7. The molecule has 5 aromatic rings. The van der Waals surface area contributed by atoms with Crippen LogP contribution in [0.3, 0.4) is 0 Å². The summed E-state index contributed by atoms with van der Waals surface area (Å²) in [5.41, 5.74) is 11.1. The van der Waals surface area contributed by atoms with Gasteiger partial charge in [-0.2, -0.15) is 26.3 Å². The lowest BCUT2D eigenvalue weighted by Crippen LogP contribution is -2.40. The Morgan fingerprint density at radius 2 is 0.511 bits per heavy atom. The summed E-state index contributed by atoms with van der Waals surface area (Å²) in [7, 11) is -3.91. The number of nitrogens with zero attached hydrogens (tertiary/aromatic N) is 5. The van der Waals surface area contributed by atoms with Gasteiger partial charge in [0.1, 0.15) is 0 Å². The molecule has 9 heteroatoms. The van der Waals surface area contributed by atoms with Crippen molar-refractivity contribution in [1.29, 1.82) is 26.3 Å². The third-order valence-electron chi connectivity index (χ3n) is 17.0. The molecule has 0 amide bonds. The van der Waals surface area contributed by atoms with E-state index in [9.17, 15) is 26.3 Å². The maximum Gasteiger partial charge on any atom is 0.191 e. The molecule has 474 valence electrons. The van der Waals surface area contributed by atoms with Crippen molar-refractivity contribution in [3.8, 4) is 89.6 Å². The molecule has 0 fully saturated rings. The SMILES string of the molecule is CCCCC#Cc1cc2cc(c1)C(C#N)=Cc1cc(C#CCCCC)cc(c1)/C(C#N)=C/c1cc(C#CCCCC)cc(c1)/C(C#N)=C/c1cc(C#CCCCO[Si](C)(C)C(C)(C)C)cc(c1)/C(C#N)=C/c1cc(C#CCCCO[Si](C)(C)C(C)(C)C)cc(c1)/C(C#N)=C/2. The highest BCUT2D eigenvalue weighted by atomic mass is 28.4. The molecule has 0 unspecified atom stereocenters. The summed E-state index contributed by atoms with van der Waals surface area (Å²) in [5, 5.41) is 56.0. The fraction of sp³-hybridized carbons (Fsp3) is 0.353. The van der Waals surface area contributed by atoms with E-state index in [1.54, 1.807) is 30.4 Å². The highest BCUT2D eigenvalue weighted by molar-refractivity contribution is 6.74. The minimum Gasteiger partial charge on any atom is -0.417 e. The fourth-order valence-electron chi connectivity index (χ4n) is 9.57. The largest absolute Gasteiger partial charge is 0.417 e. The molecular formula is C85H89N5O2Si2. The van der Waals surface area contributed by atoms with Gasteiger partial charge in [0.25, 0.3) is 0 Å². The van der Waals surface area contributed by atoms with Gasteiger partial charge in [0.2, 0.25) is 0 Å². The molecule has 0 atom stereocenters. The normalized spacial score (nSPS) is 14.4. The molecular weight excluding hydrogens is 1180 g/mol. The summed E-state index contributed by atoms with van der Waals surface area (Å²) in [6.45, 7) is 29.9. The molecule has 0 saturated carbocycles. The number of fused-ring (bicyclic) bond motifs is 10. The number of allylic oxidation sites excluding steroid dienone is 5. The van der Waals surface area contributed by atoms with E-state index >= 15 is 0 Å². The van der Waals surface area contributed by atoms with Crippen molar-refractivity contribution in [2.24, 2.45) is 0 Å². The molecule has 94 heavy (non-hydrogen) atoms. The Labute approximate surface area is 565 Å². The van der Waals surface area contributed by atoms with Crippen LogP contribution in [0, 0.1) is 116 Å². The highest BCUT2D eigenvalue weighted by Gasteiger charge is 2.37. The standard InChI is InChI=1S/C85H89N5O2Si2/c1-14-17-20-25-32-64-39-69-49-74(44-64)79(59-86)55-70-40-65(33-26-21-18-15-2)46-76(50-70)81(61-88)57-72-42-67(35-28-23-30-37-91-93(10,11)84(4,5)6)48-78(52-72)83(63-90)58-73-43-68(36-29-24-31-38-92-94(12,13)85(7,8)9)47-77(53-73)82(62-89)56-71-41-66(34-27-22-19-16-3)45-75(51-71)80(54-69)60-87/h39-58H,14-24,30-31,37-38H2,1-13H3/b79-55+,80-54?,81-57+,82-56+,83-58+. The number of benzene rings is 5. The topological polar surface area (TPSA) is 137 Å². The lowest BCUT2D eigenvalue weighted by Gasteiger charge is -2.36. The molecule has 0 radical (unpaired) electrons. The third-order valence-corrected chi connectivity index (χ3v) is 26.1. The zero-order valence-electron chi connectivity index (χ0n) is 57.7. The number of unbranched alkanes of at least 4 members (excludes halogenated alkanes) is 8. The minimum atomic E-state index is -1.96. The molecule has 0 N–H and O–H groups in total. The summed E-state index contributed by atoms with van der Waals surface area (Å²) in [4.78, 5) is 0. The van der Waals surface area contributed by atoms with Crippen LogP contribution in [0.2, 0.25) is 36.3 Å². The van der Waals surface area contributed by atoms with E-state index in [2.05, 4.69) is 178 Å². The second-order valence-corrected chi connectivity index (χ2v) is 36.4. The van der Waals surface area contributed by atoms with Crippen LogP contribution in [0.4, 0.5) is 0 Å². The molecule has 0 heterocycles. The maximum atomic E-state index is 11.3. The summed E-state index contributed by atoms with van der Waals surface area (Å²) in [6, 6.07) is 41.0. The van der Waals surface area contributed by atoms with Crippen molar-refractivity contribution in [3.63, 3.8) is 0 Å². The van der Waals surface area contributed by atoms with Crippen LogP contribution in [0.1, 0.15) is 229 Å². The molecule has 10 bridgehead atoms. The summed E-state index contributed by atoms with van der Waals surface area (Å²) in [5.74, 6) is 33.6. The van der Waals surface area contributed by atoms with Crippen LogP contribution < -0.4 is 0 Å². The molecule has 7 nitrogen and oxygen atoms in total. The van der Waals surface area contributed by atoms with Gasteiger partial charge in [-0.15, -0.1) is 0 Å². The van der Waals surface area contributed by atoms with Crippen LogP contribution in [0.15, 0.2) is 91.0 Å². The Hall–Kier alpha value is -9.60. The Balaban J connectivity index is 1.70. The fourth-order valence-corrected chi connectivity index (χ4v) is 11.7. The first-order valence-corrected chi connectivity index (χ1v) is 38.9. The van der Waals surface area contributed by atoms with E-state index in [4.69, 9.17) is 8.85 Å². The van der Waals surface area contributed by atoms with E-state index in [1.807, 2.05) is 91.0 Å². The van der Waals surface area contributed by atoms with Crippen molar-refractivity contribution in [2.45, 2.75) is 182 Å². The van der Waals surface area contributed by atoms with Crippen molar-refractivity contribution in [3.05, 3.63) is 174 Å². The van der Waals surface area contributed by atoms with E-state index in [0.717, 1.165) is 51.4 Å². The van der Waals surface area contributed by atoms with Gasteiger partial charge < -0.3 is 8.85 Å². The maximum absolute atomic E-state index is 11.3. The van der Waals surface area contributed by atoms with E-state index < -0.39 is 16.6 Å². The first-order valence-electron chi connectivity index (χ1n) is 33.0. The van der Waals surface area contributed by atoms with Gasteiger partial charge in [-0.1, -0.05) is 141 Å². The van der Waals surface area contributed by atoms with Crippen molar-refractivity contribution in [1.82, 2.24) is 0 Å². The van der Waals surface area contributed by atoms with Gasteiger partial charge in [0.05, 0.1) is 58.2 Å². The van der Waals surface area contributed by atoms with Gasteiger partial charge in [-0.25, -0.2) is 0 Å². The average molecular weight is 1270 g/mol. The van der Waals surface area contributed by atoms with Crippen LogP contribution in [0.25, 0.3) is 58.2 Å². The Bertz CT molecular complexity index is 4260. The molecule has 1 aliphatic carbocycles. The third kappa shape index (κ3) is 22.3. The predicted molar refractivity (Wildman–Crippen MR) is 397 cm³/mol. The lowest BCUT2D eigenvalue weighted by molar-refractivity contribution is 0.284. The van der Waals surface area contributed by atoms with E-state index in [-0.39, 0.29) is 10.1 Å². The van der Waals surface area contributed by atoms with Crippen molar-refractivity contribution < 1.29 is 8.85 Å². The van der Waals surface area contributed by atoms with E-state index in [1.165, 1.54) is 0 Å². The molecule has 5 aromatic carbocycles. The first kappa shape index (κ1) is 73.5. The smallest absolute Gasteiger partial charge is 0.191 e. The molecule has 0 saturated heterocycles. The van der Waals surface area contributed by atoms with Gasteiger partial charge in [0, 0.05) is 73.1 Å². The highest BCUT2D eigenvalue weighted by Crippen LogP contribution is 2.38. The zero-order chi connectivity index (χ0) is 68.3. The summed E-state index contributed by atoms with van der Waals surface area (Å²) in [6.07, 6.45) is 19.5. The number of hydrogen-bond donors (Lipinski definition) is 0. The average Bonchev–Trinajstić information content (AvgIpc) is 0.957. The Morgan fingerprint density at radius 1 is 0.309 bits per heavy atom. The quantitative estimate of drug-likeness (QED) is 0.0613. The van der Waals surface area contributed by atoms with Crippen LogP contribution in [-0.4, -0.2) is 29.8 Å². The molecule has 6 rings (SSSR count). The second-order valence-electron chi connectivity index (χ2n) is 26.8. The molecule has 0 spiro atoms. The summed E-state index contributed by atoms with van der Waals surface area (Å²) < 4.78 is 13.0. The summed E-state index contributed by atoms with van der Waals surface area (Å²) >= 11 is 0. The van der Waals surface area contributed by atoms with Gasteiger partial charge in [0.15, 0.2) is 16.6 Å². The number of rotatable bonds is 14. The number of nitriles is 5. The van der Waals surface area contributed by atoms with Gasteiger partial charge in [-0.3, -0.25) is 0 Å². The van der Waals surface area contributed by atoms with Gasteiger partial charge >= 0.3 is 0 Å². The Morgan fingerprint density at radius 3 is 0.691 bits per heavy atom. The van der Waals surface area contributed by atoms with Crippen molar-refractivity contribution >= 4 is 74.9 Å². The molecule has 0 aromatic heterocycles. The molecule has 1 aliphatic rings.